The van der Waals surface area contributed by atoms with Gasteiger partial charge in [-0.2, -0.15) is 0 Å². The molecule has 28 heavy (non-hydrogen) atoms. The Kier molecular flexibility index (Phi) is 6.86. The molecule has 1 atom stereocenters. The molecule has 148 valence electrons. The molecule has 1 unspecified atom stereocenters. The molecule has 8 nitrogen and oxygen atoms in total. The van der Waals surface area contributed by atoms with Gasteiger partial charge in [-0.3, -0.25) is 0 Å². The van der Waals surface area contributed by atoms with Crippen LogP contribution in [0.1, 0.15) is 11.1 Å². The second kappa shape index (κ2) is 9.31. The van der Waals surface area contributed by atoms with Crippen molar-refractivity contribution >= 4 is 18.0 Å². The SMILES string of the molecule is COc1ccc(CC(OC(=O)/C=C/c2ccc(O)c(O)c2)C(=O)O)cc1OC. The second-order valence-electron chi connectivity index (χ2n) is 5.74. The lowest BCUT2D eigenvalue weighted by Crippen LogP contribution is -2.28. The summed E-state index contributed by atoms with van der Waals surface area (Å²) in [4.78, 5) is 23.4. The molecule has 0 aliphatic rings. The fraction of sp³-hybridized carbons (Fsp3) is 0.200. The predicted molar refractivity (Wildman–Crippen MR) is 99.6 cm³/mol. The van der Waals surface area contributed by atoms with E-state index in [-0.39, 0.29) is 17.9 Å². The van der Waals surface area contributed by atoms with Crippen molar-refractivity contribution in [2.45, 2.75) is 12.5 Å². The number of benzene rings is 2. The van der Waals surface area contributed by atoms with E-state index in [1.165, 1.54) is 38.5 Å². The minimum absolute atomic E-state index is 0.0603. The number of aromatic hydroxyl groups is 2. The van der Waals surface area contributed by atoms with E-state index < -0.39 is 18.0 Å². The zero-order chi connectivity index (χ0) is 20.7. The number of hydrogen-bond donors (Lipinski definition) is 3. The van der Waals surface area contributed by atoms with Gasteiger partial charge in [0, 0.05) is 12.5 Å². The van der Waals surface area contributed by atoms with E-state index in [0.29, 0.717) is 22.6 Å². The molecule has 3 N–H and O–H groups in total. The number of esters is 1. The van der Waals surface area contributed by atoms with E-state index in [9.17, 15) is 24.9 Å². The van der Waals surface area contributed by atoms with Crippen LogP contribution in [0.3, 0.4) is 0 Å². The molecule has 0 fully saturated rings. The molecule has 0 aromatic heterocycles. The summed E-state index contributed by atoms with van der Waals surface area (Å²) in [6.07, 6.45) is 0.908. The van der Waals surface area contributed by atoms with Crippen LogP contribution in [-0.2, 0) is 20.7 Å². The Morgan fingerprint density at radius 2 is 1.71 bits per heavy atom. The first-order chi connectivity index (χ1) is 13.3. The Bertz CT molecular complexity index is 888. The number of phenolic OH excluding ortho intramolecular Hbond substituents is 2. The van der Waals surface area contributed by atoms with E-state index in [4.69, 9.17) is 14.2 Å². The summed E-state index contributed by atoms with van der Waals surface area (Å²) < 4.78 is 15.3. The average Bonchev–Trinajstić information content (AvgIpc) is 2.68. The van der Waals surface area contributed by atoms with Crippen LogP contribution >= 0.6 is 0 Å². The molecular weight excluding hydrogens is 368 g/mol. The Morgan fingerprint density at radius 3 is 2.32 bits per heavy atom. The zero-order valence-corrected chi connectivity index (χ0v) is 15.3. The molecule has 0 heterocycles. The molecule has 2 rings (SSSR count). The van der Waals surface area contributed by atoms with Gasteiger partial charge in [0.25, 0.3) is 0 Å². The molecule has 8 heteroatoms. The first kappa shape index (κ1) is 20.6. The number of methoxy groups -OCH3 is 2. The summed E-state index contributed by atoms with van der Waals surface area (Å²) in [5.41, 5.74) is 1.02. The lowest BCUT2D eigenvalue weighted by molar-refractivity contribution is -0.160. The maximum absolute atomic E-state index is 12.0. The summed E-state index contributed by atoms with van der Waals surface area (Å²) in [6, 6.07) is 8.87. The standard InChI is InChI=1S/C20H20O8/c1-26-16-7-4-13(10-17(16)27-2)11-18(20(24)25)28-19(23)8-5-12-3-6-14(21)15(22)9-12/h3-10,18,21-22H,11H2,1-2H3,(H,24,25)/b8-5+. The van der Waals surface area contributed by atoms with Crippen molar-refractivity contribution in [2.75, 3.05) is 14.2 Å². The number of aliphatic carboxylic acids is 1. The number of phenols is 2. The van der Waals surface area contributed by atoms with Crippen LogP contribution in [0.4, 0.5) is 0 Å². The van der Waals surface area contributed by atoms with Gasteiger partial charge in [-0.15, -0.1) is 0 Å². The monoisotopic (exact) mass is 388 g/mol. The van der Waals surface area contributed by atoms with Gasteiger partial charge in [0.2, 0.25) is 6.10 Å². The van der Waals surface area contributed by atoms with Crippen molar-refractivity contribution < 1.29 is 39.1 Å². The third kappa shape index (κ3) is 5.41. The summed E-state index contributed by atoms with van der Waals surface area (Å²) in [5, 5.41) is 28.0. The Balaban J connectivity index is 2.07. The van der Waals surface area contributed by atoms with Crippen molar-refractivity contribution in [3.63, 3.8) is 0 Å². The van der Waals surface area contributed by atoms with Gasteiger partial charge in [-0.1, -0.05) is 12.1 Å². The maximum Gasteiger partial charge on any atom is 0.345 e. The average molecular weight is 388 g/mol. The number of ether oxygens (including phenoxy) is 3. The highest BCUT2D eigenvalue weighted by molar-refractivity contribution is 5.89. The highest BCUT2D eigenvalue weighted by Gasteiger charge is 2.22. The van der Waals surface area contributed by atoms with E-state index in [1.807, 2.05) is 0 Å². The Morgan fingerprint density at radius 1 is 1.00 bits per heavy atom. The number of hydrogen-bond acceptors (Lipinski definition) is 7. The van der Waals surface area contributed by atoms with Gasteiger partial charge < -0.3 is 29.5 Å². The minimum atomic E-state index is -1.40. The van der Waals surface area contributed by atoms with E-state index >= 15 is 0 Å². The summed E-state index contributed by atoms with van der Waals surface area (Å²) in [5.74, 6) is -1.86. The molecule has 0 spiro atoms. The molecule has 2 aromatic carbocycles. The minimum Gasteiger partial charge on any atom is -0.504 e. The lowest BCUT2D eigenvalue weighted by atomic mass is 10.1. The Hall–Kier alpha value is -3.68. The van der Waals surface area contributed by atoms with E-state index in [0.717, 1.165) is 6.08 Å². The number of carbonyl (C=O) groups is 2. The van der Waals surface area contributed by atoms with Crippen LogP contribution < -0.4 is 9.47 Å². The van der Waals surface area contributed by atoms with E-state index in [1.54, 1.807) is 18.2 Å². The quantitative estimate of drug-likeness (QED) is 0.358. The smallest absolute Gasteiger partial charge is 0.345 e. The number of carboxylic acid groups (broad SMARTS) is 1. The predicted octanol–water partition coefficient (Wildman–Crippen LogP) is 2.37. The molecule has 0 bridgehead atoms. The first-order valence-electron chi connectivity index (χ1n) is 8.18. The molecule has 0 aliphatic carbocycles. The highest BCUT2D eigenvalue weighted by Crippen LogP contribution is 2.28. The Labute approximate surface area is 161 Å². The zero-order valence-electron chi connectivity index (χ0n) is 15.3. The molecule has 0 radical (unpaired) electrons. The summed E-state index contributed by atoms with van der Waals surface area (Å²) in [6.45, 7) is 0. The maximum atomic E-state index is 12.0. The molecule has 0 saturated heterocycles. The molecule has 2 aromatic rings. The van der Waals surface area contributed by atoms with Gasteiger partial charge >= 0.3 is 11.9 Å². The fourth-order valence-electron chi connectivity index (χ4n) is 2.39. The van der Waals surface area contributed by atoms with Gasteiger partial charge in [0.05, 0.1) is 14.2 Å². The van der Waals surface area contributed by atoms with Crippen molar-refractivity contribution in [1.29, 1.82) is 0 Å². The van der Waals surface area contributed by atoms with Crippen molar-refractivity contribution in [3.05, 3.63) is 53.6 Å². The van der Waals surface area contributed by atoms with Crippen molar-refractivity contribution in [2.24, 2.45) is 0 Å². The van der Waals surface area contributed by atoms with Crippen LogP contribution in [0.25, 0.3) is 6.08 Å². The molecule has 0 aliphatic heterocycles. The highest BCUT2D eigenvalue weighted by atomic mass is 16.6. The third-order valence-corrected chi connectivity index (χ3v) is 3.81. The normalized spacial score (nSPS) is 11.8. The molecular formula is C20H20O8. The van der Waals surface area contributed by atoms with Gasteiger partial charge in [-0.05, 0) is 41.5 Å². The largest absolute Gasteiger partial charge is 0.504 e. The first-order valence-corrected chi connectivity index (χ1v) is 8.18. The molecule has 0 amide bonds. The lowest BCUT2D eigenvalue weighted by Gasteiger charge is -2.14. The fourth-order valence-corrected chi connectivity index (χ4v) is 2.39. The van der Waals surface area contributed by atoms with Crippen LogP contribution in [0, 0.1) is 0 Å². The summed E-state index contributed by atoms with van der Waals surface area (Å²) >= 11 is 0. The van der Waals surface area contributed by atoms with Crippen molar-refractivity contribution in [1.82, 2.24) is 0 Å². The molecule has 0 saturated carbocycles. The van der Waals surface area contributed by atoms with Gasteiger partial charge in [-0.25, -0.2) is 9.59 Å². The second-order valence-corrected chi connectivity index (χ2v) is 5.74. The van der Waals surface area contributed by atoms with E-state index in [2.05, 4.69) is 0 Å². The van der Waals surface area contributed by atoms with Gasteiger partial charge in [0.1, 0.15) is 0 Å². The topological polar surface area (TPSA) is 123 Å². The van der Waals surface area contributed by atoms with Crippen LogP contribution in [-0.4, -0.2) is 47.6 Å². The van der Waals surface area contributed by atoms with Crippen molar-refractivity contribution in [3.8, 4) is 23.0 Å². The van der Waals surface area contributed by atoms with Gasteiger partial charge in [0.15, 0.2) is 23.0 Å². The summed E-state index contributed by atoms with van der Waals surface area (Å²) in [7, 11) is 2.95. The number of rotatable bonds is 8. The third-order valence-electron chi connectivity index (χ3n) is 3.81. The number of carbonyl (C=O) groups excluding carboxylic acids is 1. The van der Waals surface area contributed by atoms with Crippen LogP contribution in [0.15, 0.2) is 42.5 Å². The van der Waals surface area contributed by atoms with Crippen LogP contribution in [0.2, 0.25) is 0 Å². The van der Waals surface area contributed by atoms with Crippen LogP contribution in [0.5, 0.6) is 23.0 Å². The number of carboxylic acids is 1.